The van der Waals surface area contributed by atoms with Gasteiger partial charge in [0.15, 0.2) is 5.78 Å². The Kier molecular flexibility index (Phi) is 4.60. The van der Waals surface area contributed by atoms with E-state index in [2.05, 4.69) is 0 Å². The first-order valence-corrected chi connectivity index (χ1v) is 4.72. The Hall–Kier alpha value is -1.06. The highest BCUT2D eigenvalue weighted by Gasteiger charge is 2.20. The molecule has 0 aliphatic heterocycles. The van der Waals surface area contributed by atoms with Crippen LogP contribution in [0.3, 0.4) is 0 Å². The van der Waals surface area contributed by atoms with E-state index in [-0.39, 0.29) is 12.3 Å². The predicted molar refractivity (Wildman–Crippen MR) is 54.2 cm³/mol. The van der Waals surface area contributed by atoms with E-state index >= 15 is 0 Å². The lowest BCUT2D eigenvalue weighted by Gasteiger charge is -2.24. The van der Waals surface area contributed by atoms with Crippen LogP contribution in [0.5, 0.6) is 0 Å². The number of hydrogen-bond donors (Lipinski definition) is 0. The van der Waals surface area contributed by atoms with Crippen LogP contribution in [-0.2, 0) is 9.53 Å². The Bertz CT molecular complexity index is 218. The number of ether oxygens (including phenoxy) is 1. The van der Waals surface area contributed by atoms with Crippen molar-refractivity contribution < 1.29 is 14.3 Å². The first kappa shape index (κ1) is 12.9. The standard InChI is InChI=1S/C10H19NO3/c1-6-8(12)7-11(5)9(13)14-10(2,3)4/h6-7H2,1-5H3. The Balaban J connectivity index is 4.07. The zero-order chi connectivity index (χ0) is 11.4. The van der Waals surface area contributed by atoms with Crippen LogP contribution in [0.15, 0.2) is 0 Å². The molecule has 0 spiro atoms. The van der Waals surface area contributed by atoms with Crippen molar-refractivity contribution in [2.45, 2.75) is 39.7 Å². The summed E-state index contributed by atoms with van der Waals surface area (Å²) in [5.41, 5.74) is -0.513. The molecule has 14 heavy (non-hydrogen) atoms. The predicted octanol–water partition coefficient (Wildman–Crippen LogP) is 1.83. The summed E-state index contributed by atoms with van der Waals surface area (Å²) in [4.78, 5) is 23.7. The number of nitrogens with zero attached hydrogens (tertiary/aromatic N) is 1. The van der Waals surface area contributed by atoms with Crippen molar-refractivity contribution in [2.75, 3.05) is 13.6 Å². The molecule has 0 aromatic carbocycles. The van der Waals surface area contributed by atoms with Gasteiger partial charge in [-0.2, -0.15) is 0 Å². The van der Waals surface area contributed by atoms with E-state index in [1.54, 1.807) is 34.7 Å². The quantitative estimate of drug-likeness (QED) is 0.699. The molecular formula is C10H19NO3. The Morgan fingerprint density at radius 3 is 2.14 bits per heavy atom. The zero-order valence-electron chi connectivity index (χ0n) is 9.59. The van der Waals surface area contributed by atoms with E-state index in [9.17, 15) is 9.59 Å². The van der Waals surface area contributed by atoms with Crippen molar-refractivity contribution in [3.05, 3.63) is 0 Å². The van der Waals surface area contributed by atoms with Crippen molar-refractivity contribution in [3.63, 3.8) is 0 Å². The summed E-state index contributed by atoms with van der Waals surface area (Å²) in [6.45, 7) is 7.26. The van der Waals surface area contributed by atoms with E-state index in [1.807, 2.05) is 0 Å². The van der Waals surface area contributed by atoms with Crippen LogP contribution >= 0.6 is 0 Å². The molecule has 0 N–H and O–H groups in total. The fourth-order valence-corrected chi connectivity index (χ4v) is 0.781. The van der Waals surface area contributed by atoms with Gasteiger partial charge >= 0.3 is 6.09 Å². The number of carbonyl (C=O) groups is 2. The third-order valence-corrected chi connectivity index (χ3v) is 1.51. The highest BCUT2D eigenvalue weighted by molar-refractivity contribution is 5.83. The summed E-state index contributed by atoms with van der Waals surface area (Å²) in [6, 6.07) is 0. The third-order valence-electron chi connectivity index (χ3n) is 1.51. The maximum absolute atomic E-state index is 11.4. The summed E-state index contributed by atoms with van der Waals surface area (Å²) in [5.74, 6) is 0.0263. The molecule has 0 aliphatic rings. The second-order valence-corrected chi connectivity index (χ2v) is 4.23. The Morgan fingerprint density at radius 2 is 1.79 bits per heavy atom. The smallest absolute Gasteiger partial charge is 0.410 e. The minimum Gasteiger partial charge on any atom is -0.444 e. The molecule has 0 saturated heterocycles. The number of amides is 1. The lowest BCUT2D eigenvalue weighted by atomic mass is 10.2. The van der Waals surface area contributed by atoms with Crippen LogP contribution in [0.4, 0.5) is 4.79 Å². The molecule has 4 heteroatoms. The molecule has 0 unspecified atom stereocenters. The third kappa shape index (κ3) is 5.56. The van der Waals surface area contributed by atoms with Gasteiger partial charge in [-0.1, -0.05) is 6.92 Å². The average molecular weight is 201 g/mol. The molecule has 0 rings (SSSR count). The molecule has 4 nitrogen and oxygen atoms in total. The van der Waals surface area contributed by atoms with Crippen LogP contribution in [-0.4, -0.2) is 36.0 Å². The van der Waals surface area contributed by atoms with Gasteiger partial charge in [0.05, 0.1) is 6.54 Å². The van der Waals surface area contributed by atoms with Crippen molar-refractivity contribution in [1.29, 1.82) is 0 Å². The van der Waals surface area contributed by atoms with E-state index in [0.29, 0.717) is 6.42 Å². The fraction of sp³-hybridized carbons (Fsp3) is 0.800. The van der Waals surface area contributed by atoms with Crippen LogP contribution in [0, 0.1) is 0 Å². The maximum atomic E-state index is 11.4. The molecular weight excluding hydrogens is 182 g/mol. The van der Waals surface area contributed by atoms with Crippen LogP contribution in [0.2, 0.25) is 0 Å². The normalized spacial score (nSPS) is 10.9. The molecule has 1 amide bonds. The van der Waals surface area contributed by atoms with Crippen molar-refractivity contribution in [1.82, 2.24) is 4.90 Å². The Labute approximate surface area is 85.2 Å². The molecule has 0 atom stereocenters. The summed E-state index contributed by atoms with van der Waals surface area (Å²) in [6.07, 6.45) is -0.0213. The largest absolute Gasteiger partial charge is 0.444 e. The lowest BCUT2D eigenvalue weighted by molar-refractivity contribution is -0.119. The molecule has 0 heterocycles. The highest BCUT2D eigenvalue weighted by Crippen LogP contribution is 2.08. The SMILES string of the molecule is CCC(=O)CN(C)C(=O)OC(C)(C)C. The monoisotopic (exact) mass is 201 g/mol. The van der Waals surface area contributed by atoms with Crippen molar-refractivity contribution >= 4 is 11.9 Å². The fourth-order valence-electron chi connectivity index (χ4n) is 0.781. The number of hydrogen-bond acceptors (Lipinski definition) is 3. The van der Waals surface area contributed by atoms with Crippen LogP contribution in [0.25, 0.3) is 0 Å². The maximum Gasteiger partial charge on any atom is 0.410 e. The molecule has 0 fully saturated rings. The van der Waals surface area contributed by atoms with E-state index in [1.165, 1.54) is 4.90 Å². The van der Waals surface area contributed by atoms with Gasteiger partial charge < -0.3 is 9.64 Å². The second kappa shape index (κ2) is 4.98. The summed E-state index contributed by atoms with van der Waals surface area (Å²) in [5, 5.41) is 0. The van der Waals surface area contributed by atoms with E-state index in [0.717, 1.165) is 0 Å². The van der Waals surface area contributed by atoms with Crippen molar-refractivity contribution in [2.24, 2.45) is 0 Å². The lowest BCUT2D eigenvalue weighted by Crippen LogP contribution is -2.37. The van der Waals surface area contributed by atoms with Gasteiger partial charge in [0.2, 0.25) is 0 Å². The number of rotatable bonds is 3. The molecule has 0 saturated carbocycles. The first-order valence-electron chi connectivity index (χ1n) is 4.72. The van der Waals surface area contributed by atoms with Crippen molar-refractivity contribution in [3.8, 4) is 0 Å². The second-order valence-electron chi connectivity index (χ2n) is 4.23. The van der Waals surface area contributed by atoms with Gasteiger partial charge in [-0.25, -0.2) is 4.79 Å². The van der Waals surface area contributed by atoms with Gasteiger partial charge in [0.1, 0.15) is 5.60 Å². The van der Waals surface area contributed by atoms with Gasteiger partial charge in [-0.05, 0) is 20.8 Å². The molecule has 0 aromatic rings. The molecule has 0 bridgehead atoms. The Morgan fingerprint density at radius 1 is 1.29 bits per heavy atom. The molecule has 0 radical (unpaired) electrons. The molecule has 0 aliphatic carbocycles. The summed E-state index contributed by atoms with van der Waals surface area (Å²) in [7, 11) is 1.56. The highest BCUT2D eigenvalue weighted by atomic mass is 16.6. The van der Waals surface area contributed by atoms with E-state index < -0.39 is 11.7 Å². The summed E-state index contributed by atoms with van der Waals surface area (Å²) < 4.78 is 5.08. The summed E-state index contributed by atoms with van der Waals surface area (Å²) >= 11 is 0. The van der Waals surface area contributed by atoms with Crippen LogP contribution < -0.4 is 0 Å². The topological polar surface area (TPSA) is 46.6 Å². The zero-order valence-corrected chi connectivity index (χ0v) is 9.59. The van der Waals surface area contributed by atoms with Gasteiger partial charge in [-0.15, -0.1) is 0 Å². The minimum absolute atomic E-state index is 0.0263. The average Bonchev–Trinajstić information content (AvgIpc) is 2.00. The number of carbonyl (C=O) groups excluding carboxylic acids is 2. The van der Waals surface area contributed by atoms with E-state index in [4.69, 9.17) is 4.74 Å². The number of Topliss-reactive ketones (excluding diaryl/α,β-unsaturated/α-hetero) is 1. The molecule has 0 aromatic heterocycles. The first-order chi connectivity index (χ1) is 6.26. The minimum atomic E-state index is -0.513. The number of likely N-dealkylation sites (N-methyl/N-ethyl adjacent to an activating group) is 1. The van der Waals surface area contributed by atoms with Gasteiger partial charge in [0, 0.05) is 13.5 Å². The van der Waals surface area contributed by atoms with Gasteiger partial charge in [0.25, 0.3) is 0 Å². The van der Waals surface area contributed by atoms with Crippen LogP contribution in [0.1, 0.15) is 34.1 Å². The van der Waals surface area contributed by atoms with Gasteiger partial charge in [-0.3, -0.25) is 4.79 Å². The molecule has 82 valence electrons. The number of ketones is 1.